The van der Waals surface area contributed by atoms with Crippen LogP contribution in [0.15, 0.2) is 30.3 Å². The van der Waals surface area contributed by atoms with Crippen LogP contribution in [0.5, 0.6) is 0 Å². The lowest BCUT2D eigenvalue weighted by atomic mass is 9.88. The van der Waals surface area contributed by atoms with E-state index in [9.17, 15) is 4.79 Å². The van der Waals surface area contributed by atoms with Crippen LogP contribution >= 0.6 is 0 Å². The Morgan fingerprint density at radius 2 is 2.07 bits per heavy atom. The molecule has 1 unspecified atom stereocenters. The van der Waals surface area contributed by atoms with Gasteiger partial charge >= 0.3 is 5.97 Å². The van der Waals surface area contributed by atoms with Crippen LogP contribution in [-0.2, 0) is 20.2 Å². The minimum absolute atomic E-state index is 0.296. The Balaban J connectivity index is 2.34. The molecule has 0 aliphatic carbocycles. The van der Waals surface area contributed by atoms with Crippen LogP contribution in [0.25, 0.3) is 0 Å². The zero-order chi connectivity index (χ0) is 10.0. The number of rotatable bonds is 2. The van der Waals surface area contributed by atoms with Gasteiger partial charge in [-0.3, -0.25) is 4.89 Å². The molecule has 0 bridgehead atoms. The van der Waals surface area contributed by atoms with Gasteiger partial charge in [-0.1, -0.05) is 37.3 Å². The van der Waals surface area contributed by atoms with E-state index in [2.05, 4.69) is 4.89 Å². The molecule has 0 saturated carbocycles. The van der Waals surface area contributed by atoms with Gasteiger partial charge in [-0.2, -0.15) is 4.89 Å². The number of carbonyl (C=O) groups is 1. The van der Waals surface area contributed by atoms with Gasteiger partial charge in [0.1, 0.15) is 0 Å². The molecule has 14 heavy (non-hydrogen) atoms. The van der Waals surface area contributed by atoms with Crippen LogP contribution in [0.2, 0.25) is 0 Å². The lowest BCUT2D eigenvalue weighted by Gasteiger charge is -2.22. The molecule has 0 N–H and O–H groups in total. The van der Waals surface area contributed by atoms with E-state index in [1.807, 2.05) is 37.3 Å². The van der Waals surface area contributed by atoms with E-state index >= 15 is 0 Å². The summed E-state index contributed by atoms with van der Waals surface area (Å²) in [7, 11) is 0. The third-order valence-corrected chi connectivity index (χ3v) is 2.60. The first-order valence-corrected chi connectivity index (χ1v) is 4.71. The van der Waals surface area contributed by atoms with Gasteiger partial charge in [0.25, 0.3) is 0 Å². The molecule has 0 radical (unpaired) electrons. The van der Waals surface area contributed by atoms with Gasteiger partial charge in [-0.25, -0.2) is 4.79 Å². The van der Waals surface area contributed by atoms with Gasteiger partial charge in [0.05, 0.1) is 6.42 Å². The molecule has 1 aliphatic rings. The second kappa shape index (κ2) is 3.42. The maximum absolute atomic E-state index is 11.0. The summed E-state index contributed by atoms with van der Waals surface area (Å²) in [4.78, 5) is 20.8. The predicted octanol–water partition coefficient (Wildman–Crippen LogP) is 2.17. The summed E-state index contributed by atoms with van der Waals surface area (Å²) in [5.74, 6) is -0.296. The van der Waals surface area contributed by atoms with Crippen LogP contribution < -0.4 is 0 Å². The third kappa shape index (κ3) is 1.40. The average Bonchev–Trinajstić information content (AvgIpc) is 2.63. The summed E-state index contributed by atoms with van der Waals surface area (Å²) in [6, 6.07) is 9.69. The van der Waals surface area contributed by atoms with Crippen LogP contribution in [0.4, 0.5) is 0 Å². The highest BCUT2D eigenvalue weighted by Gasteiger charge is 2.42. The fourth-order valence-electron chi connectivity index (χ4n) is 1.70. The number of carbonyl (C=O) groups excluding carboxylic acids is 1. The van der Waals surface area contributed by atoms with Crippen molar-refractivity contribution in [3.05, 3.63) is 35.9 Å². The lowest BCUT2D eigenvalue weighted by Crippen LogP contribution is -2.23. The summed E-state index contributed by atoms with van der Waals surface area (Å²) in [6.07, 6.45) is 1.02. The van der Waals surface area contributed by atoms with Crippen molar-refractivity contribution < 1.29 is 14.6 Å². The first-order valence-electron chi connectivity index (χ1n) is 4.71. The minimum atomic E-state index is -0.571. The summed E-state index contributed by atoms with van der Waals surface area (Å²) in [5, 5.41) is 0. The van der Waals surface area contributed by atoms with Crippen molar-refractivity contribution in [2.24, 2.45) is 0 Å². The highest BCUT2D eigenvalue weighted by atomic mass is 17.2. The molecule has 2 rings (SSSR count). The molecule has 0 aromatic heterocycles. The van der Waals surface area contributed by atoms with Crippen molar-refractivity contribution >= 4 is 5.97 Å². The van der Waals surface area contributed by atoms with Gasteiger partial charge in [0, 0.05) is 0 Å². The first kappa shape index (κ1) is 9.21. The van der Waals surface area contributed by atoms with E-state index < -0.39 is 5.60 Å². The predicted molar refractivity (Wildman–Crippen MR) is 50.2 cm³/mol. The zero-order valence-electron chi connectivity index (χ0n) is 8.03. The Morgan fingerprint density at radius 3 is 2.57 bits per heavy atom. The molecule has 1 aliphatic heterocycles. The SMILES string of the molecule is CCC1(c2ccccc2)CC(=O)OO1. The molecule has 0 amide bonds. The highest BCUT2D eigenvalue weighted by Crippen LogP contribution is 2.37. The summed E-state index contributed by atoms with van der Waals surface area (Å²) >= 11 is 0. The third-order valence-electron chi connectivity index (χ3n) is 2.60. The molecule has 1 heterocycles. The Hall–Kier alpha value is -1.35. The average molecular weight is 192 g/mol. The number of hydrogen-bond donors (Lipinski definition) is 0. The molecule has 1 atom stereocenters. The van der Waals surface area contributed by atoms with E-state index in [4.69, 9.17) is 4.89 Å². The molecule has 1 saturated heterocycles. The normalized spacial score (nSPS) is 26.2. The van der Waals surface area contributed by atoms with E-state index in [0.717, 1.165) is 12.0 Å². The van der Waals surface area contributed by atoms with Gasteiger partial charge in [-0.15, -0.1) is 0 Å². The monoisotopic (exact) mass is 192 g/mol. The van der Waals surface area contributed by atoms with Gasteiger partial charge in [0.15, 0.2) is 5.60 Å². The van der Waals surface area contributed by atoms with Crippen LogP contribution in [0.3, 0.4) is 0 Å². The van der Waals surface area contributed by atoms with E-state index in [0.29, 0.717) is 6.42 Å². The Labute approximate surface area is 82.6 Å². The first-order chi connectivity index (χ1) is 6.77. The topological polar surface area (TPSA) is 35.5 Å². The van der Waals surface area contributed by atoms with Crippen LogP contribution in [0, 0.1) is 0 Å². The van der Waals surface area contributed by atoms with Crippen molar-refractivity contribution in [1.29, 1.82) is 0 Å². The van der Waals surface area contributed by atoms with Crippen molar-refractivity contribution in [1.82, 2.24) is 0 Å². The molecule has 3 heteroatoms. The fraction of sp³-hybridized carbons (Fsp3) is 0.364. The number of hydrogen-bond acceptors (Lipinski definition) is 3. The molecular weight excluding hydrogens is 180 g/mol. The van der Waals surface area contributed by atoms with Crippen molar-refractivity contribution in [3.63, 3.8) is 0 Å². The van der Waals surface area contributed by atoms with Crippen molar-refractivity contribution in [2.45, 2.75) is 25.4 Å². The van der Waals surface area contributed by atoms with E-state index in [-0.39, 0.29) is 5.97 Å². The maximum atomic E-state index is 11.0. The smallest absolute Gasteiger partial charge is 0.297 e. The molecule has 1 aromatic carbocycles. The van der Waals surface area contributed by atoms with Gasteiger partial charge in [0.2, 0.25) is 0 Å². The Bertz CT molecular complexity index is 334. The van der Waals surface area contributed by atoms with Crippen molar-refractivity contribution in [2.75, 3.05) is 0 Å². The van der Waals surface area contributed by atoms with E-state index in [1.165, 1.54) is 0 Å². The molecule has 74 valence electrons. The highest BCUT2D eigenvalue weighted by molar-refractivity contribution is 5.72. The second-order valence-electron chi connectivity index (χ2n) is 3.43. The Kier molecular flexibility index (Phi) is 2.25. The molecule has 1 fully saturated rings. The second-order valence-corrected chi connectivity index (χ2v) is 3.43. The standard InChI is InChI=1S/C11H12O3/c1-2-11(8-10(12)13-14-11)9-6-4-3-5-7-9/h3-7H,2,8H2,1H3. The largest absolute Gasteiger partial charge is 0.345 e. The molecule has 1 aromatic rings. The summed E-state index contributed by atoms with van der Waals surface area (Å²) in [6.45, 7) is 1.98. The quantitative estimate of drug-likeness (QED) is 0.673. The summed E-state index contributed by atoms with van der Waals surface area (Å²) < 4.78 is 0. The molecule has 0 spiro atoms. The lowest BCUT2D eigenvalue weighted by molar-refractivity contribution is -0.299. The Morgan fingerprint density at radius 1 is 1.36 bits per heavy atom. The fourth-order valence-corrected chi connectivity index (χ4v) is 1.70. The van der Waals surface area contributed by atoms with Crippen LogP contribution in [-0.4, -0.2) is 5.97 Å². The zero-order valence-corrected chi connectivity index (χ0v) is 8.03. The maximum Gasteiger partial charge on any atom is 0.345 e. The van der Waals surface area contributed by atoms with E-state index in [1.54, 1.807) is 0 Å². The van der Waals surface area contributed by atoms with Gasteiger partial charge in [-0.05, 0) is 12.0 Å². The van der Waals surface area contributed by atoms with Gasteiger partial charge < -0.3 is 0 Å². The van der Waals surface area contributed by atoms with Crippen molar-refractivity contribution in [3.8, 4) is 0 Å². The van der Waals surface area contributed by atoms with Crippen LogP contribution in [0.1, 0.15) is 25.3 Å². The summed E-state index contributed by atoms with van der Waals surface area (Å²) in [5.41, 5.74) is 0.423. The molecular formula is C11H12O3. The minimum Gasteiger partial charge on any atom is -0.297 e. The molecule has 3 nitrogen and oxygen atoms in total. The number of benzene rings is 1.